The Morgan fingerprint density at radius 3 is 3.00 bits per heavy atom. The van der Waals surface area contributed by atoms with Crippen LogP contribution in [0.25, 0.3) is 22.3 Å². The Balaban J connectivity index is 1.78. The first-order chi connectivity index (χ1) is 13.1. The average Bonchev–Trinajstić information content (AvgIpc) is 3.06. The van der Waals surface area contributed by atoms with Crippen LogP contribution in [0.5, 0.6) is 0 Å². The van der Waals surface area contributed by atoms with Crippen molar-refractivity contribution in [3.8, 4) is 11.1 Å². The number of nitrogens with zero attached hydrogens (tertiary/aromatic N) is 2. The van der Waals surface area contributed by atoms with Crippen LogP contribution >= 0.6 is 11.6 Å². The molecule has 0 aliphatic carbocycles. The quantitative estimate of drug-likeness (QED) is 0.482. The molecule has 0 amide bonds. The van der Waals surface area contributed by atoms with Crippen LogP contribution in [0.2, 0.25) is 5.15 Å². The zero-order chi connectivity index (χ0) is 19.2. The fourth-order valence-electron chi connectivity index (χ4n) is 2.86. The van der Waals surface area contributed by atoms with Gasteiger partial charge in [0.25, 0.3) is 0 Å². The Hall–Kier alpha value is -2.66. The molecule has 0 spiro atoms. The maximum Gasteiger partial charge on any atom is 0.156 e. The minimum Gasteiger partial charge on any atom is -0.380 e. The van der Waals surface area contributed by atoms with Crippen molar-refractivity contribution in [1.29, 1.82) is 0 Å². The molecule has 3 rings (SSSR count). The Labute approximate surface area is 163 Å². The average molecular weight is 385 g/mol. The molecule has 0 saturated carbocycles. The molecule has 2 aromatic heterocycles. The summed E-state index contributed by atoms with van der Waals surface area (Å²) < 4.78 is 14.3. The summed E-state index contributed by atoms with van der Waals surface area (Å²) in [4.78, 5) is 11.6. The Kier molecular flexibility index (Phi) is 6.24. The van der Waals surface area contributed by atoms with Gasteiger partial charge in [-0.05, 0) is 44.4 Å². The third-order valence-corrected chi connectivity index (χ3v) is 4.42. The van der Waals surface area contributed by atoms with Crippen LogP contribution in [0.3, 0.4) is 0 Å². The van der Waals surface area contributed by atoms with Gasteiger partial charge in [0.15, 0.2) is 5.65 Å². The fourth-order valence-corrected chi connectivity index (χ4v) is 3.00. The van der Waals surface area contributed by atoms with E-state index in [1.807, 2.05) is 38.3 Å². The standard InChI is InChI=1S/C21H22ClFN4/c1-3-4-5-6-7-8-14(2)26-18-11-15(9-10-17(18)23)16-12-24-21-20(16)27-19(22)13-25-21/h3-6,9-14,26H,7-8H2,1-2H3,(H,24,25)/b4-3-,6-5-/t14-/m0/s1. The van der Waals surface area contributed by atoms with Gasteiger partial charge >= 0.3 is 0 Å². The van der Waals surface area contributed by atoms with Gasteiger partial charge in [0, 0.05) is 17.8 Å². The lowest BCUT2D eigenvalue weighted by Gasteiger charge is -2.16. The third-order valence-electron chi connectivity index (χ3n) is 4.24. The van der Waals surface area contributed by atoms with Crippen molar-refractivity contribution in [2.45, 2.75) is 32.7 Å². The van der Waals surface area contributed by atoms with Crippen LogP contribution in [-0.2, 0) is 0 Å². The summed E-state index contributed by atoms with van der Waals surface area (Å²) in [5.41, 5.74) is 3.48. The van der Waals surface area contributed by atoms with E-state index >= 15 is 0 Å². The summed E-state index contributed by atoms with van der Waals surface area (Å²) in [6.07, 6.45) is 13.3. The SMILES string of the molecule is C/C=C\C=C/CC[C@H](C)Nc1cc(-c2c[nH]c3ncc(Cl)nc23)ccc1F. The highest BCUT2D eigenvalue weighted by Crippen LogP contribution is 2.30. The highest BCUT2D eigenvalue weighted by atomic mass is 35.5. The summed E-state index contributed by atoms with van der Waals surface area (Å²) >= 11 is 5.97. The molecule has 6 heteroatoms. The molecule has 0 radical (unpaired) electrons. The molecule has 27 heavy (non-hydrogen) atoms. The Morgan fingerprint density at radius 2 is 2.19 bits per heavy atom. The van der Waals surface area contributed by atoms with Crippen LogP contribution in [0.1, 0.15) is 26.7 Å². The van der Waals surface area contributed by atoms with Gasteiger partial charge in [0.1, 0.15) is 16.5 Å². The van der Waals surface area contributed by atoms with Crippen LogP contribution in [0.4, 0.5) is 10.1 Å². The zero-order valence-corrected chi connectivity index (χ0v) is 16.1. The molecule has 0 bridgehead atoms. The predicted octanol–water partition coefficient (Wildman–Crippen LogP) is 6.13. The van der Waals surface area contributed by atoms with Crippen molar-refractivity contribution in [2.75, 3.05) is 5.32 Å². The second-order valence-corrected chi connectivity index (χ2v) is 6.75. The highest BCUT2D eigenvalue weighted by Gasteiger charge is 2.13. The minimum absolute atomic E-state index is 0.141. The maximum atomic E-state index is 14.3. The molecule has 1 atom stereocenters. The van der Waals surface area contributed by atoms with E-state index in [2.05, 4.69) is 26.3 Å². The zero-order valence-electron chi connectivity index (χ0n) is 15.3. The second kappa shape index (κ2) is 8.82. The summed E-state index contributed by atoms with van der Waals surface area (Å²) in [5, 5.41) is 3.59. The van der Waals surface area contributed by atoms with E-state index in [4.69, 9.17) is 11.6 Å². The molecule has 4 nitrogen and oxygen atoms in total. The molecule has 2 heterocycles. The number of halogens is 2. The molecule has 1 aromatic carbocycles. The largest absolute Gasteiger partial charge is 0.380 e. The molecule has 0 saturated heterocycles. The topological polar surface area (TPSA) is 53.6 Å². The van der Waals surface area contributed by atoms with Crippen LogP contribution in [0.15, 0.2) is 54.9 Å². The van der Waals surface area contributed by atoms with Crippen molar-refractivity contribution in [3.05, 3.63) is 65.9 Å². The molecule has 2 N–H and O–H groups in total. The molecule has 0 fully saturated rings. The fraction of sp³-hybridized carbons (Fsp3) is 0.238. The number of nitrogens with one attached hydrogen (secondary N) is 2. The summed E-state index contributed by atoms with van der Waals surface area (Å²) in [5.74, 6) is -0.279. The molecular weight excluding hydrogens is 363 g/mol. The molecule has 3 aromatic rings. The third kappa shape index (κ3) is 4.74. The number of benzene rings is 1. The van der Waals surface area contributed by atoms with Gasteiger partial charge in [-0.2, -0.15) is 0 Å². The molecule has 140 valence electrons. The van der Waals surface area contributed by atoms with Crippen LogP contribution < -0.4 is 5.32 Å². The number of hydrogen-bond acceptors (Lipinski definition) is 3. The first-order valence-corrected chi connectivity index (χ1v) is 9.30. The molecule has 0 aliphatic rings. The van der Waals surface area contributed by atoms with E-state index in [0.717, 1.165) is 24.0 Å². The van der Waals surface area contributed by atoms with Crippen molar-refractivity contribution in [3.63, 3.8) is 0 Å². The number of rotatable bonds is 7. The lowest BCUT2D eigenvalue weighted by atomic mass is 10.1. The number of H-pyrrole nitrogens is 1. The van der Waals surface area contributed by atoms with E-state index in [1.54, 1.807) is 12.1 Å². The summed E-state index contributed by atoms with van der Waals surface area (Å²) in [6, 6.07) is 5.14. The lowest BCUT2D eigenvalue weighted by molar-refractivity contribution is 0.623. The van der Waals surface area contributed by atoms with Crippen molar-refractivity contribution >= 4 is 28.5 Å². The molecule has 0 unspecified atom stereocenters. The van der Waals surface area contributed by atoms with Gasteiger partial charge in [-0.25, -0.2) is 14.4 Å². The van der Waals surface area contributed by atoms with Crippen molar-refractivity contribution in [2.24, 2.45) is 0 Å². The van der Waals surface area contributed by atoms with Gasteiger partial charge in [-0.3, -0.25) is 0 Å². The maximum absolute atomic E-state index is 14.3. The van der Waals surface area contributed by atoms with Gasteiger partial charge in [0.2, 0.25) is 0 Å². The highest BCUT2D eigenvalue weighted by molar-refractivity contribution is 6.29. The number of anilines is 1. The van der Waals surface area contributed by atoms with E-state index in [1.165, 1.54) is 12.3 Å². The summed E-state index contributed by atoms with van der Waals surface area (Å²) in [7, 11) is 0. The first kappa shape index (κ1) is 19.1. The van der Waals surface area contributed by atoms with Gasteiger partial charge < -0.3 is 10.3 Å². The second-order valence-electron chi connectivity index (χ2n) is 6.36. The van der Waals surface area contributed by atoms with Gasteiger partial charge in [-0.1, -0.05) is 42.0 Å². The monoisotopic (exact) mass is 384 g/mol. The Bertz CT molecular complexity index is 977. The lowest BCUT2D eigenvalue weighted by Crippen LogP contribution is -2.15. The Morgan fingerprint density at radius 1 is 1.33 bits per heavy atom. The van der Waals surface area contributed by atoms with Crippen LogP contribution in [-0.4, -0.2) is 21.0 Å². The minimum atomic E-state index is -0.279. The molecule has 0 aliphatic heterocycles. The van der Waals surface area contributed by atoms with Crippen LogP contribution in [0, 0.1) is 5.82 Å². The number of fused-ring (bicyclic) bond motifs is 1. The summed E-state index contributed by atoms with van der Waals surface area (Å²) in [6.45, 7) is 4.03. The number of hydrogen-bond donors (Lipinski definition) is 2. The number of aromatic nitrogens is 3. The smallest absolute Gasteiger partial charge is 0.156 e. The normalized spacial score (nSPS) is 13.0. The van der Waals surface area contributed by atoms with Crippen molar-refractivity contribution < 1.29 is 4.39 Å². The van der Waals surface area contributed by atoms with E-state index in [-0.39, 0.29) is 11.9 Å². The number of aromatic amines is 1. The van der Waals surface area contributed by atoms with Gasteiger partial charge in [0.05, 0.1) is 11.9 Å². The first-order valence-electron chi connectivity index (χ1n) is 8.92. The predicted molar refractivity (Wildman–Crippen MR) is 111 cm³/mol. The number of allylic oxidation sites excluding steroid dienone is 4. The van der Waals surface area contributed by atoms with Crippen molar-refractivity contribution in [1.82, 2.24) is 15.0 Å². The molecular formula is C21H22ClFN4. The van der Waals surface area contributed by atoms with E-state index in [9.17, 15) is 4.39 Å². The van der Waals surface area contributed by atoms with E-state index in [0.29, 0.717) is 22.0 Å². The van der Waals surface area contributed by atoms with E-state index < -0.39 is 0 Å². The van der Waals surface area contributed by atoms with Gasteiger partial charge in [-0.15, -0.1) is 0 Å².